The minimum absolute atomic E-state index is 0.415. The van der Waals surface area contributed by atoms with Gasteiger partial charge in [-0.3, -0.25) is 0 Å². The first kappa shape index (κ1) is 15.9. The molecule has 4 nitrogen and oxygen atoms in total. The van der Waals surface area contributed by atoms with Crippen LogP contribution in [0.25, 0.3) is 0 Å². The van der Waals surface area contributed by atoms with E-state index in [1.807, 2.05) is 42.5 Å². The third-order valence-corrected chi connectivity index (χ3v) is 3.26. The van der Waals surface area contributed by atoms with Gasteiger partial charge in [-0.25, -0.2) is 0 Å². The van der Waals surface area contributed by atoms with Gasteiger partial charge in [0.2, 0.25) is 0 Å². The molecular weight excluding hydrogens is 278 g/mol. The van der Waals surface area contributed by atoms with Gasteiger partial charge in [0.05, 0.1) is 6.21 Å². The van der Waals surface area contributed by atoms with Crippen LogP contribution in [-0.4, -0.2) is 24.6 Å². The molecule has 116 valence electrons. The van der Waals surface area contributed by atoms with E-state index in [0.717, 1.165) is 11.3 Å². The number of hydrogen-bond acceptors (Lipinski definition) is 4. The first-order chi connectivity index (χ1) is 10.7. The van der Waals surface area contributed by atoms with Crippen LogP contribution >= 0.6 is 0 Å². The van der Waals surface area contributed by atoms with Gasteiger partial charge in [0.25, 0.3) is 0 Å². The average Bonchev–Trinajstić information content (AvgIpc) is 2.53. The lowest BCUT2D eigenvalue weighted by atomic mass is 10.0. The van der Waals surface area contributed by atoms with Crippen LogP contribution in [0.1, 0.15) is 30.9 Å². The molecule has 0 amide bonds. The molecule has 0 atom stereocenters. The van der Waals surface area contributed by atoms with E-state index in [0.29, 0.717) is 24.9 Å². The molecule has 0 aliphatic carbocycles. The lowest BCUT2D eigenvalue weighted by Gasteiger charge is -2.14. The Bertz CT molecular complexity index is 623. The van der Waals surface area contributed by atoms with E-state index in [4.69, 9.17) is 14.7 Å². The van der Waals surface area contributed by atoms with Crippen LogP contribution in [0.15, 0.2) is 53.7 Å². The number of oxime groups is 1. The molecule has 0 bridgehead atoms. The minimum atomic E-state index is 0.415. The highest BCUT2D eigenvalue weighted by Crippen LogP contribution is 2.25. The zero-order valence-electron chi connectivity index (χ0n) is 12.9. The molecule has 0 saturated carbocycles. The van der Waals surface area contributed by atoms with Gasteiger partial charge < -0.3 is 14.7 Å². The van der Waals surface area contributed by atoms with E-state index >= 15 is 0 Å². The van der Waals surface area contributed by atoms with E-state index in [1.54, 1.807) is 0 Å². The first-order valence-electron chi connectivity index (χ1n) is 7.33. The van der Waals surface area contributed by atoms with Crippen molar-refractivity contribution in [2.45, 2.75) is 19.8 Å². The number of ether oxygens (including phenoxy) is 2. The molecule has 22 heavy (non-hydrogen) atoms. The SMILES string of the molecule is CC(C)c1ccccc1OCCOc1ccccc1C=NO. The molecule has 1 N–H and O–H groups in total. The maximum atomic E-state index is 8.64. The summed E-state index contributed by atoms with van der Waals surface area (Å²) in [5.41, 5.74) is 1.92. The summed E-state index contributed by atoms with van der Waals surface area (Å²) < 4.78 is 11.5. The summed E-state index contributed by atoms with van der Waals surface area (Å²) in [6, 6.07) is 15.4. The highest BCUT2D eigenvalue weighted by atomic mass is 16.5. The third-order valence-electron chi connectivity index (χ3n) is 3.26. The fourth-order valence-corrected chi connectivity index (χ4v) is 2.17. The predicted molar refractivity (Wildman–Crippen MR) is 87.3 cm³/mol. The Kier molecular flexibility index (Phi) is 5.83. The summed E-state index contributed by atoms with van der Waals surface area (Å²) in [5, 5.41) is 11.7. The summed E-state index contributed by atoms with van der Waals surface area (Å²) in [6.07, 6.45) is 1.35. The zero-order chi connectivity index (χ0) is 15.8. The fourth-order valence-electron chi connectivity index (χ4n) is 2.17. The third kappa shape index (κ3) is 4.25. The lowest BCUT2D eigenvalue weighted by Crippen LogP contribution is -2.11. The molecule has 2 rings (SSSR count). The molecule has 0 unspecified atom stereocenters. The van der Waals surface area contributed by atoms with Gasteiger partial charge in [-0.2, -0.15) is 0 Å². The molecule has 0 aliphatic heterocycles. The molecule has 0 heterocycles. The van der Waals surface area contributed by atoms with Crippen molar-refractivity contribution in [1.82, 2.24) is 0 Å². The fraction of sp³-hybridized carbons (Fsp3) is 0.278. The minimum Gasteiger partial charge on any atom is -0.490 e. The Hall–Kier alpha value is -2.49. The van der Waals surface area contributed by atoms with Crippen molar-refractivity contribution >= 4 is 6.21 Å². The van der Waals surface area contributed by atoms with Crippen molar-refractivity contribution in [2.24, 2.45) is 5.16 Å². The summed E-state index contributed by atoms with van der Waals surface area (Å²) in [4.78, 5) is 0. The second kappa shape index (κ2) is 8.08. The largest absolute Gasteiger partial charge is 0.490 e. The molecule has 2 aromatic carbocycles. The lowest BCUT2D eigenvalue weighted by molar-refractivity contribution is 0.215. The molecule has 0 aromatic heterocycles. The van der Waals surface area contributed by atoms with Crippen LogP contribution in [-0.2, 0) is 0 Å². The number of hydrogen-bond donors (Lipinski definition) is 1. The van der Waals surface area contributed by atoms with Crippen LogP contribution in [0.5, 0.6) is 11.5 Å². The molecule has 0 radical (unpaired) electrons. The maximum Gasteiger partial charge on any atom is 0.128 e. The molecular formula is C18H21NO3. The van der Waals surface area contributed by atoms with Gasteiger partial charge in [-0.1, -0.05) is 49.3 Å². The number of para-hydroxylation sites is 2. The standard InChI is InChI=1S/C18H21NO3/c1-14(2)16-8-4-6-10-18(16)22-12-11-21-17-9-5-3-7-15(17)13-19-20/h3-10,13-14,20H,11-12H2,1-2H3. The smallest absolute Gasteiger partial charge is 0.128 e. The zero-order valence-corrected chi connectivity index (χ0v) is 12.9. The van der Waals surface area contributed by atoms with Crippen LogP contribution in [0.4, 0.5) is 0 Å². The quantitative estimate of drug-likeness (QED) is 0.363. The van der Waals surface area contributed by atoms with Crippen molar-refractivity contribution < 1.29 is 14.7 Å². The topological polar surface area (TPSA) is 51.0 Å². The Balaban J connectivity index is 1.90. The van der Waals surface area contributed by atoms with Gasteiger partial charge in [0.1, 0.15) is 24.7 Å². The summed E-state index contributed by atoms with van der Waals surface area (Å²) in [6.45, 7) is 5.16. The summed E-state index contributed by atoms with van der Waals surface area (Å²) in [7, 11) is 0. The second-order valence-corrected chi connectivity index (χ2v) is 5.17. The molecule has 2 aromatic rings. The van der Waals surface area contributed by atoms with Crippen molar-refractivity contribution in [2.75, 3.05) is 13.2 Å². The molecule has 0 fully saturated rings. The Labute approximate surface area is 131 Å². The van der Waals surface area contributed by atoms with E-state index in [-0.39, 0.29) is 0 Å². The van der Waals surface area contributed by atoms with Crippen LogP contribution in [0.2, 0.25) is 0 Å². The van der Waals surface area contributed by atoms with Gasteiger partial charge in [-0.05, 0) is 29.7 Å². The van der Waals surface area contributed by atoms with E-state index in [1.165, 1.54) is 11.8 Å². The van der Waals surface area contributed by atoms with Crippen LogP contribution in [0, 0.1) is 0 Å². The first-order valence-corrected chi connectivity index (χ1v) is 7.33. The molecule has 0 spiro atoms. The molecule has 0 aliphatic rings. The summed E-state index contributed by atoms with van der Waals surface area (Å²) >= 11 is 0. The van der Waals surface area contributed by atoms with E-state index in [9.17, 15) is 0 Å². The van der Waals surface area contributed by atoms with Crippen molar-refractivity contribution in [3.05, 3.63) is 59.7 Å². The van der Waals surface area contributed by atoms with E-state index < -0.39 is 0 Å². The highest BCUT2D eigenvalue weighted by molar-refractivity contribution is 5.82. The molecule has 0 saturated heterocycles. The van der Waals surface area contributed by atoms with Crippen molar-refractivity contribution in [1.29, 1.82) is 0 Å². The second-order valence-electron chi connectivity index (χ2n) is 5.17. The Morgan fingerprint density at radius 1 is 0.955 bits per heavy atom. The van der Waals surface area contributed by atoms with Gasteiger partial charge in [0.15, 0.2) is 0 Å². The van der Waals surface area contributed by atoms with E-state index in [2.05, 4.69) is 25.1 Å². The average molecular weight is 299 g/mol. The van der Waals surface area contributed by atoms with Crippen molar-refractivity contribution in [3.63, 3.8) is 0 Å². The van der Waals surface area contributed by atoms with Crippen LogP contribution in [0.3, 0.4) is 0 Å². The normalized spacial score (nSPS) is 11.0. The van der Waals surface area contributed by atoms with Gasteiger partial charge in [0, 0.05) is 5.56 Å². The Morgan fingerprint density at radius 2 is 1.55 bits per heavy atom. The number of benzene rings is 2. The predicted octanol–water partition coefficient (Wildman–Crippen LogP) is 4.08. The summed E-state index contributed by atoms with van der Waals surface area (Å²) in [5.74, 6) is 1.98. The molecule has 4 heteroatoms. The van der Waals surface area contributed by atoms with Gasteiger partial charge in [-0.15, -0.1) is 0 Å². The Morgan fingerprint density at radius 3 is 2.23 bits per heavy atom. The van der Waals surface area contributed by atoms with Crippen molar-refractivity contribution in [3.8, 4) is 11.5 Å². The number of nitrogens with zero attached hydrogens (tertiary/aromatic N) is 1. The maximum absolute atomic E-state index is 8.64. The monoisotopic (exact) mass is 299 g/mol. The highest BCUT2D eigenvalue weighted by Gasteiger charge is 2.07. The number of rotatable bonds is 7. The van der Waals surface area contributed by atoms with Crippen LogP contribution < -0.4 is 9.47 Å². The van der Waals surface area contributed by atoms with Gasteiger partial charge >= 0.3 is 0 Å².